The number of aliphatic carboxylic acids is 1. The van der Waals surface area contributed by atoms with Crippen molar-refractivity contribution in [2.24, 2.45) is 5.92 Å². The van der Waals surface area contributed by atoms with Crippen molar-refractivity contribution < 1.29 is 14.7 Å². The van der Waals surface area contributed by atoms with Crippen LogP contribution >= 0.6 is 0 Å². The van der Waals surface area contributed by atoms with Gasteiger partial charge in [-0.3, -0.25) is 14.5 Å². The number of aromatic nitrogens is 2. The van der Waals surface area contributed by atoms with Crippen molar-refractivity contribution in [3.63, 3.8) is 0 Å². The number of carbonyl (C=O) groups excluding carboxylic acids is 1. The van der Waals surface area contributed by atoms with Crippen LogP contribution in [0.4, 0.5) is 0 Å². The van der Waals surface area contributed by atoms with Crippen LogP contribution in [0.2, 0.25) is 0 Å². The molecule has 0 radical (unpaired) electrons. The number of hydrogen-bond donors (Lipinski definition) is 2. The first kappa shape index (κ1) is 17.7. The zero-order chi connectivity index (χ0) is 19.0. The highest BCUT2D eigenvalue weighted by molar-refractivity contribution is 5.88. The molecule has 2 N–H and O–H groups in total. The number of nitrogens with one attached hydrogen (secondary N) is 1. The highest BCUT2D eigenvalue weighted by Crippen LogP contribution is 2.37. The van der Waals surface area contributed by atoms with Gasteiger partial charge in [0.05, 0.1) is 23.3 Å². The van der Waals surface area contributed by atoms with Crippen molar-refractivity contribution in [1.29, 1.82) is 0 Å². The van der Waals surface area contributed by atoms with Crippen molar-refractivity contribution in [3.05, 3.63) is 47.8 Å². The van der Waals surface area contributed by atoms with Crippen LogP contribution in [-0.4, -0.2) is 50.3 Å². The molecule has 4 rings (SSSR count). The Hall–Kier alpha value is -2.67. The maximum atomic E-state index is 11.8. The number of carbonyl (C=O) groups is 2. The van der Waals surface area contributed by atoms with E-state index in [-0.39, 0.29) is 12.3 Å². The van der Waals surface area contributed by atoms with E-state index in [0.717, 1.165) is 30.9 Å². The maximum Gasteiger partial charge on any atom is 0.309 e. The molecule has 0 bridgehead atoms. The number of amides is 1. The number of piperidine rings is 1. The van der Waals surface area contributed by atoms with Gasteiger partial charge in [0.25, 0.3) is 0 Å². The molecule has 0 saturated carbocycles. The zero-order valence-electron chi connectivity index (χ0n) is 15.4. The van der Waals surface area contributed by atoms with Gasteiger partial charge in [0.1, 0.15) is 0 Å². The molecule has 2 aromatic rings. The van der Waals surface area contributed by atoms with Crippen molar-refractivity contribution in [1.82, 2.24) is 20.0 Å². The third kappa shape index (κ3) is 3.35. The summed E-state index contributed by atoms with van der Waals surface area (Å²) in [5, 5.41) is 16.9. The number of rotatable bonds is 4. The molecule has 1 spiro atoms. The average Bonchev–Trinajstić information content (AvgIpc) is 3.22. The Balaban J connectivity index is 1.41. The molecule has 0 unspecified atom stereocenters. The second-order valence-corrected chi connectivity index (χ2v) is 7.66. The lowest BCUT2D eigenvalue weighted by atomic mass is 9.77. The van der Waals surface area contributed by atoms with Crippen LogP contribution in [0.5, 0.6) is 0 Å². The van der Waals surface area contributed by atoms with Gasteiger partial charge in [0, 0.05) is 37.8 Å². The second kappa shape index (κ2) is 6.81. The monoisotopic (exact) mass is 368 g/mol. The van der Waals surface area contributed by atoms with Gasteiger partial charge < -0.3 is 10.4 Å². The molecule has 1 aromatic heterocycles. The first-order chi connectivity index (χ1) is 13.0. The van der Waals surface area contributed by atoms with E-state index in [1.54, 1.807) is 0 Å². The highest BCUT2D eigenvalue weighted by Gasteiger charge is 2.51. The number of carboxylic acids is 1. The van der Waals surface area contributed by atoms with E-state index in [9.17, 15) is 14.7 Å². The SMILES string of the molecule is Cc1ccccc1-n1cc(CN2CCC3(CC2)NC(=O)C[C@@H]3C(=O)O)cn1. The summed E-state index contributed by atoms with van der Waals surface area (Å²) >= 11 is 0. The van der Waals surface area contributed by atoms with E-state index >= 15 is 0 Å². The average molecular weight is 368 g/mol. The Bertz CT molecular complexity index is 868. The predicted molar refractivity (Wildman–Crippen MR) is 99.4 cm³/mol. The summed E-state index contributed by atoms with van der Waals surface area (Å²) < 4.78 is 1.90. The third-order valence-corrected chi connectivity index (χ3v) is 5.90. The van der Waals surface area contributed by atoms with E-state index in [4.69, 9.17) is 0 Å². The minimum absolute atomic E-state index is 0.0958. The topological polar surface area (TPSA) is 87.5 Å². The van der Waals surface area contributed by atoms with Gasteiger partial charge in [-0.2, -0.15) is 5.10 Å². The molecule has 1 atom stereocenters. The summed E-state index contributed by atoms with van der Waals surface area (Å²) in [7, 11) is 0. The molecule has 3 heterocycles. The molecular formula is C20H24N4O3. The van der Waals surface area contributed by atoms with Crippen LogP contribution in [-0.2, 0) is 16.1 Å². The molecule has 7 heteroatoms. The highest BCUT2D eigenvalue weighted by atomic mass is 16.4. The number of benzene rings is 1. The lowest BCUT2D eigenvalue weighted by Crippen LogP contribution is -2.55. The summed E-state index contributed by atoms with van der Waals surface area (Å²) in [6, 6.07) is 8.13. The van der Waals surface area contributed by atoms with Crippen LogP contribution < -0.4 is 5.32 Å². The van der Waals surface area contributed by atoms with Gasteiger partial charge in [0.2, 0.25) is 5.91 Å². The van der Waals surface area contributed by atoms with Gasteiger partial charge in [-0.05, 0) is 31.4 Å². The summed E-state index contributed by atoms with van der Waals surface area (Å²) in [4.78, 5) is 25.6. The molecule has 1 aromatic carbocycles. The molecule has 2 saturated heterocycles. The maximum absolute atomic E-state index is 11.8. The molecule has 2 aliphatic heterocycles. The quantitative estimate of drug-likeness (QED) is 0.858. The Labute approximate surface area is 158 Å². The smallest absolute Gasteiger partial charge is 0.309 e. The van der Waals surface area contributed by atoms with Crippen LogP contribution in [0.15, 0.2) is 36.7 Å². The minimum Gasteiger partial charge on any atom is -0.481 e. The molecular weight excluding hydrogens is 344 g/mol. The van der Waals surface area contributed by atoms with E-state index < -0.39 is 17.4 Å². The van der Waals surface area contributed by atoms with Crippen LogP contribution in [0, 0.1) is 12.8 Å². The summed E-state index contributed by atoms with van der Waals surface area (Å²) in [5.41, 5.74) is 2.78. The number of para-hydroxylation sites is 1. The fraction of sp³-hybridized carbons (Fsp3) is 0.450. The standard InChI is InChI=1S/C20H24N4O3/c1-14-4-2-3-5-17(14)24-13-15(11-21-24)12-23-8-6-20(7-9-23)16(19(26)27)10-18(25)22-20/h2-5,11,13,16H,6-10,12H2,1H3,(H,22,25)(H,26,27)/t16-/m1/s1. The van der Waals surface area contributed by atoms with Crippen molar-refractivity contribution in [2.75, 3.05) is 13.1 Å². The lowest BCUT2D eigenvalue weighted by Gasteiger charge is -2.41. The van der Waals surface area contributed by atoms with Crippen LogP contribution in [0.1, 0.15) is 30.4 Å². The van der Waals surface area contributed by atoms with Gasteiger partial charge in [-0.15, -0.1) is 0 Å². The Morgan fingerprint density at radius 3 is 2.78 bits per heavy atom. The largest absolute Gasteiger partial charge is 0.481 e. The summed E-state index contributed by atoms with van der Waals surface area (Å²) in [6.07, 6.45) is 5.36. The number of nitrogens with zero attached hydrogens (tertiary/aromatic N) is 3. The Kier molecular flexibility index (Phi) is 4.47. The zero-order valence-corrected chi connectivity index (χ0v) is 15.4. The molecule has 142 valence electrons. The molecule has 1 amide bonds. The lowest BCUT2D eigenvalue weighted by molar-refractivity contribution is -0.144. The van der Waals surface area contributed by atoms with E-state index in [0.29, 0.717) is 12.8 Å². The third-order valence-electron chi connectivity index (χ3n) is 5.90. The van der Waals surface area contributed by atoms with Crippen molar-refractivity contribution in [3.8, 4) is 5.69 Å². The fourth-order valence-corrected chi connectivity index (χ4v) is 4.36. The first-order valence-electron chi connectivity index (χ1n) is 9.33. The second-order valence-electron chi connectivity index (χ2n) is 7.66. The minimum atomic E-state index is -0.874. The predicted octanol–water partition coefficient (Wildman–Crippen LogP) is 1.74. The van der Waals surface area contributed by atoms with Crippen LogP contribution in [0.25, 0.3) is 5.69 Å². The normalized spacial score (nSPS) is 22.1. The molecule has 0 aliphatic carbocycles. The molecule has 2 aliphatic rings. The van der Waals surface area contributed by atoms with Gasteiger partial charge in [-0.1, -0.05) is 18.2 Å². The van der Waals surface area contributed by atoms with Gasteiger partial charge in [-0.25, -0.2) is 4.68 Å². The van der Waals surface area contributed by atoms with E-state index in [1.165, 1.54) is 5.56 Å². The number of likely N-dealkylation sites (tertiary alicyclic amines) is 1. The van der Waals surface area contributed by atoms with Crippen LogP contribution in [0.3, 0.4) is 0 Å². The summed E-state index contributed by atoms with van der Waals surface area (Å²) in [6.45, 7) is 4.36. The Morgan fingerprint density at radius 1 is 1.33 bits per heavy atom. The fourth-order valence-electron chi connectivity index (χ4n) is 4.36. The molecule has 27 heavy (non-hydrogen) atoms. The summed E-state index contributed by atoms with van der Waals surface area (Å²) in [5.74, 6) is -1.63. The van der Waals surface area contributed by atoms with E-state index in [1.807, 2.05) is 35.3 Å². The van der Waals surface area contributed by atoms with Gasteiger partial charge >= 0.3 is 5.97 Å². The number of hydrogen-bond acceptors (Lipinski definition) is 4. The van der Waals surface area contributed by atoms with E-state index in [2.05, 4.69) is 28.3 Å². The van der Waals surface area contributed by atoms with Crippen molar-refractivity contribution in [2.45, 2.75) is 38.3 Å². The number of carboxylic acid groups (broad SMARTS) is 1. The van der Waals surface area contributed by atoms with Crippen molar-refractivity contribution >= 4 is 11.9 Å². The molecule has 7 nitrogen and oxygen atoms in total. The molecule has 2 fully saturated rings. The van der Waals surface area contributed by atoms with Gasteiger partial charge in [0.15, 0.2) is 0 Å². The number of aryl methyl sites for hydroxylation is 1. The Morgan fingerprint density at radius 2 is 2.07 bits per heavy atom. The first-order valence-corrected chi connectivity index (χ1v) is 9.33.